The zero-order valence-corrected chi connectivity index (χ0v) is 20.8. The minimum atomic E-state index is -0.133. The van der Waals surface area contributed by atoms with E-state index in [1.807, 2.05) is 18.2 Å². The van der Waals surface area contributed by atoms with Crippen molar-refractivity contribution in [2.45, 2.75) is 63.7 Å². The molecule has 0 bridgehead atoms. The van der Waals surface area contributed by atoms with E-state index in [-0.39, 0.29) is 41.5 Å². The summed E-state index contributed by atoms with van der Waals surface area (Å²) in [4.78, 5) is 15.4. The van der Waals surface area contributed by atoms with E-state index in [0.717, 1.165) is 38.0 Å². The van der Waals surface area contributed by atoms with Crippen LogP contribution in [0.15, 0.2) is 18.2 Å². The number of hydrogen-bond acceptors (Lipinski definition) is 7. The monoisotopic (exact) mass is 473 g/mol. The largest absolute Gasteiger partial charge is 0.493 e. The second-order valence-corrected chi connectivity index (χ2v) is 11.1. The van der Waals surface area contributed by atoms with E-state index in [0.29, 0.717) is 36.9 Å². The van der Waals surface area contributed by atoms with Crippen LogP contribution in [0.3, 0.4) is 0 Å². The fourth-order valence-corrected chi connectivity index (χ4v) is 7.21. The molecule has 1 spiro atoms. The molecule has 1 aromatic rings. The van der Waals surface area contributed by atoms with E-state index >= 15 is 0 Å². The first-order valence-corrected chi connectivity index (χ1v) is 12.8. The summed E-state index contributed by atoms with van der Waals surface area (Å²) in [6.45, 7) is 5.44. The number of nitrogens with zero attached hydrogens (tertiary/aromatic N) is 1. The summed E-state index contributed by atoms with van der Waals surface area (Å²) in [7, 11) is 3.27. The molecule has 7 nitrogen and oxygen atoms in total. The van der Waals surface area contributed by atoms with Crippen molar-refractivity contribution < 1.29 is 28.8 Å². The average Bonchev–Trinajstić information content (AvgIpc) is 3.53. The molecule has 34 heavy (non-hydrogen) atoms. The van der Waals surface area contributed by atoms with Gasteiger partial charge in [-0.05, 0) is 67.6 Å². The normalized spacial score (nSPS) is 36.2. The van der Waals surface area contributed by atoms with Crippen molar-refractivity contribution in [1.82, 2.24) is 4.90 Å². The van der Waals surface area contributed by atoms with Crippen molar-refractivity contribution in [2.24, 2.45) is 23.2 Å². The Morgan fingerprint density at radius 3 is 2.71 bits per heavy atom. The van der Waals surface area contributed by atoms with E-state index in [9.17, 15) is 9.90 Å². The second-order valence-electron chi connectivity index (χ2n) is 11.1. The van der Waals surface area contributed by atoms with Gasteiger partial charge in [0, 0.05) is 32.2 Å². The van der Waals surface area contributed by atoms with Crippen molar-refractivity contribution in [1.29, 1.82) is 0 Å². The van der Waals surface area contributed by atoms with Crippen molar-refractivity contribution in [3.63, 3.8) is 0 Å². The Kier molecular flexibility index (Phi) is 6.55. The molecule has 1 aromatic carbocycles. The first-order valence-electron chi connectivity index (χ1n) is 12.8. The highest BCUT2D eigenvalue weighted by molar-refractivity contribution is 5.75. The maximum Gasteiger partial charge on any atom is 0.310 e. The van der Waals surface area contributed by atoms with Gasteiger partial charge in [0.05, 0.1) is 32.3 Å². The zero-order chi connectivity index (χ0) is 23.9. The molecule has 2 aliphatic heterocycles. The molecule has 0 unspecified atom stereocenters. The van der Waals surface area contributed by atoms with Crippen LogP contribution in [0.1, 0.15) is 51.0 Å². The number of methoxy groups -OCH3 is 2. The van der Waals surface area contributed by atoms with E-state index < -0.39 is 0 Å². The molecule has 4 aliphatic rings. The fourth-order valence-electron chi connectivity index (χ4n) is 7.21. The number of fused-ring (bicyclic) bond motifs is 3. The number of aliphatic hydroxyl groups is 1. The molecule has 2 heterocycles. The van der Waals surface area contributed by atoms with Gasteiger partial charge >= 0.3 is 5.97 Å². The molecular formula is C27H39NO6. The molecule has 2 aliphatic carbocycles. The molecule has 0 amide bonds. The minimum Gasteiger partial charge on any atom is -0.493 e. The predicted octanol–water partition coefficient (Wildman–Crippen LogP) is 3.42. The van der Waals surface area contributed by atoms with Crippen LogP contribution in [0, 0.1) is 23.2 Å². The molecule has 2 saturated heterocycles. The number of esters is 1. The highest BCUT2D eigenvalue weighted by Gasteiger charge is 2.65. The van der Waals surface area contributed by atoms with Gasteiger partial charge in [0.15, 0.2) is 11.5 Å². The van der Waals surface area contributed by atoms with Gasteiger partial charge < -0.3 is 24.1 Å². The molecule has 4 fully saturated rings. The van der Waals surface area contributed by atoms with Gasteiger partial charge in [0.25, 0.3) is 0 Å². The van der Waals surface area contributed by atoms with E-state index in [2.05, 4.69) is 11.8 Å². The van der Waals surface area contributed by atoms with Gasteiger partial charge in [-0.15, -0.1) is 0 Å². The van der Waals surface area contributed by atoms with E-state index in [1.165, 1.54) is 12.8 Å². The van der Waals surface area contributed by atoms with Gasteiger partial charge in [-0.1, -0.05) is 13.0 Å². The van der Waals surface area contributed by atoms with Gasteiger partial charge in [-0.25, -0.2) is 0 Å². The van der Waals surface area contributed by atoms with Crippen LogP contribution < -0.4 is 9.47 Å². The Morgan fingerprint density at radius 2 is 2.00 bits per heavy atom. The Labute approximate surface area is 202 Å². The van der Waals surface area contributed by atoms with E-state index in [4.69, 9.17) is 18.9 Å². The Hall–Kier alpha value is -1.83. The van der Waals surface area contributed by atoms with Gasteiger partial charge in [-0.2, -0.15) is 0 Å². The number of carbonyl (C=O) groups excluding carboxylic acids is 1. The highest BCUT2D eigenvalue weighted by Crippen LogP contribution is 2.62. The number of hydrogen-bond donors (Lipinski definition) is 1. The quantitative estimate of drug-likeness (QED) is 0.435. The first kappa shape index (κ1) is 23.9. The Morgan fingerprint density at radius 1 is 1.21 bits per heavy atom. The van der Waals surface area contributed by atoms with Crippen LogP contribution in [0.5, 0.6) is 11.5 Å². The summed E-state index contributed by atoms with van der Waals surface area (Å²) in [6.07, 6.45) is 6.24. The predicted molar refractivity (Wildman–Crippen MR) is 127 cm³/mol. The van der Waals surface area contributed by atoms with Crippen LogP contribution >= 0.6 is 0 Å². The molecule has 5 rings (SSSR count). The van der Waals surface area contributed by atoms with E-state index in [1.54, 1.807) is 14.2 Å². The third-order valence-corrected chi connectivity index (χ3v) is 9.02. The number of carbonyl (C=O) groups is 1. The van der Waals surface area contributed by atoms with Gasteiger partial charge in [0.1, 0.15) is 6.10 Å². The third-order valence-electron chi connectivity index (χ3n) is 9.02. The molecule has 0 radical (unpaired) electrons. The number of epoxide rings is 1. The van der Waals surface area contributed by atoms with Gasteiger partial charge in [0.2, 0.25) is 0 Å². The molecule has 1 N–H and O–H groups in total. The lowest BCUT2D eigenvalue weighted by Crippen LogP contribution is -2.51. The number of benzene rings is 1. The van der Waals surface area contributed by atoms with Crippen LogP contribution in [0.4, 0.5) is 0 Å². The average molecular weight is 474 g/mol. The summed E-state index contributed by atoms with van der Waals surface area (Å²) in [6, 6.07) is 5.94. The summed E-state index contributed by atoms with van der Waals surface area (Å²) >= 11 is 0. The van der Waals surface area contributed by atoms with Crippen molar-refractivity contribution >= 4 is 5.97 Å². The SMILES string of the molecule is COc1ccc(CN(CCCO)C[C@@H]2C(=O)O[C@@H]3C[C@@]4(C)CCC[C@@]5(CO5)[C@@H]4C[C@H]23)cc1OC. The summed E-state index contributed by atoms with van der Waals surface area (Å²) in [5.74, 6) is 1.97. The fraction of sp³-hybridized carbons (Fsp3) is 0.741. The van der Waals surface area contributed by atoms with Crippen LogP contribution in [-0.2, 0) is 20.8 Å². The Bertz CT molecular complexity index is 901. The molecule has 2 saturated carbocycles. The smallest absolute Gasteiger partial charge is 0.310 e. The zero-order valence-electron chi connectivity index (χ0n) is 20.8. The first-order chi connectivity index (χ1) is 16.4. The molecule has 0 aromatic heterocycles. The third kappa shape index (κ3) is 4.31. The number of rotatable bonds is 9. The van der Waals surface area contributed by atoms with Gasteiger partial charge in [-0.3, -0.25) is 9.69 Å². The maximum absolute atomic E-state index is 13.1. The van der Waals surface area contributed by atoms with Crippen molar-refractivity contribution in [2.75, 3.05) is 40.5 Å². The molecule has 7 heteroatoms. The van der Waals surface area contributed by atoms with Crippen molar-refractivity contribution in [3.05, 3.63) is 23.8 Å². The number of aliphatic hydroxyl groups excluding tert-OH is 1. The Balaban J connectivity index is 1.33. The standard InChI is InChI=1S/C27H39NO6/c1-26-8-4-9-27(17-33-27)24(26)13-19-20(25(30)34-23(19)14-26)16-28(10-5-11-29)15-18-6-7-21(31-2)22(12-18)32-3/h6-7,12,19-20,23-24,29H,4-5,8-11,13-17H2,1-3H3/t19-,20+,23-,24-,26-,27-/m1/s1. The lowest BCUT2D eigenvalue weighted by atomic mass is 9.53. The van der Waals surface area contributed by atoms with Crippen LogP contribution in [-0.4, -0.2) is 68.2 Å². The maximum atomic E-state index is 13.1. The molecular weight excluding hydrogens is 434 g/mol. The summed E-state index contributed by atoms with van der Waals surface area (Å²) in [5.41, 5.74) is 1.36. The summed E-state index contributed by atoms with van der Waals surface area (Å²) < 4.78 is 22.9. The number of ether oxygens (including phenoxy) is 4. The molecule has 6 atom stereocenters. The molecule has 188 valence electrons. The van der Waals surface area contributed by atoms with Crippen molar-refractivity contribution in [3.8, 4) is 11.5 Å². The minimum absolute atomic E-state index is 0.0217. The van der Waals surface area contributed by atoms with Crippen LogP contribution in [0.25, 0.3) is 0 Å². The second kappa shape index (κ2) is 9.32. The topological polar surface area (TPSA) is 80.8 Å². The van der Waals surface area contributed by atoms with Crippen LogP contribution in [0.2, 0.25) is 0 Å². The lowest BCUT2D eigenvalue weighted by Gasteiger charge is -2.51. The lowest BCUT2D eigenvalue weighted by molar-refractivity contribution is -0.147. The highest BCUT2D eigenvalue weighted by atomic mass is 16.6. The summed E-state index contributed by atoms with van der Waals surface area (Å²) in [5, 5.41) is 9.49.